The fraction of sp³-hybridized carbons (Fsp3) is 0.286. The Bertz CT molecular complexity index is 1970. The van der Waals surface area contributed by atoms with Crippen molar-refractivity contribution in [3.05, 3.63) is 114 Å². The summed E-state index contributed by atoms with van der Waals surface area (Å²) in [6, 6.07) is 33.3. The van der Waals surface area contributed by atoms with Crippen molar-refractivity contribution in [2.75, 3.05) is 0 Å². The van der Waals surface area contributed by atoms with Crippen molar-refractivity contribution >= 4 is 16.7 Å². The first-order chi connectivity index (χ1) is 22.8. The van der Waals surface area contributed by atoms with Gasteiger partial charge in [0.1, 0.15) is 5.75 Å². The fourth-order valence-electron chi connectivity index (χ4n) is 5.63. The molecule has 0 bridgehead atoms. The number of aliphatic hydroxyl groups excluding tert-OH is 1. The first kappa shape index (κ1) is 32.9. The van der Waals surface area contributed by atoms with E-state index >= 15 is 0 Å². The number of hydrogen-bond acceptors (Lipinski definition) is 4. The molecule has 5 heteroatoms. The summed E-state index contributed by atoms with van der Waals surface area (Å²) < 4.78 is 24.1. The van der Waals surface area contributed by atoms with E-state index in [0.29, 0.717) is 35.9 Å². The largest absolute Gasteiger partial charge is 0.512 e. The van der Waals surface area contributed by atoms with E-state index in [1.807, 2.05) is 114 Å². The smallest absolute Gasteiger partial charge is 0.159 e. The minimum absolute atomic E-state index is 0. The number of ether oxygens (including phenoxy) is 1. The van der Waals surface area contributed by atoms with Crippen molar-refractivity contribution in [1.82, 2.24) is 4.98 Å². The third-order valence-corrected chi connectivity index (χ3v) is 7.52. The van der Waals surface area contributed by atoms with Crippen LogP contribution in [0.25, 0.3) is 44.4 Å². The fourth-order valence-corrected chi connectivity index (χ4v) is 5.63. The van der Waals surface area contributed by atoms with Gasteiger partial charge in [0.25, 0.3) is 0 Å². The Kier molecular flexibility index (Phi) is 11.3. The van der Waals surface area contributed by atoms with E-state index < -0.39 is 6.37 Å². The number of para-hydroxylation sites is 2. The number of aliphatic hydroxyl groups is 1. The number of benzene rings is 4. The molecule has 0 fully saturated rings. The monoisotopic (exact) mass is 805 g/mol. The van der Waals surface area contributed by atoms with Gasteiger partial charge in [-0.2, -0.15) is 0 Å². The average molecular weight is 805 g/mol. The molecule has 0 aliphatic carbocycles. The number of carbonyl (C=O) groups excluding carboxylic acids is 1. The van der Waals surface area contributed by atoms with Crippen LogP contribution < -0.4 is 4.74 Å². The second-order valence-electron chi connectivity index (χ2n) is 12.9. The number of hydrogen-bond donors (Lipinski definition) is 1. The molecule has 5 aromatic rings. The quantitative estimate of drug-likeness (QED) is 0.0946. The molecule has 4 nitrogen and oxygen atoms in total. The van der Waals surface area contributed by atoms with Gasteiger partial charge in [-0.25, -0.2) is 0 Å². The number of nitrogens with zero attached hydrogens (tertiary/aromatic N) is 1. The van der Waals surface area contributed by atoms with E-state index in [9.17, 15) is 9.90 Å². The molecule has 2 heterocycles. The number of allylic oxidation sites excluding steroid dienone is 2. The van der Waals surface area contributed by atoms with E-state index in [1.54, 1.807) is 0 Å². The van der Waals surface area contributed by atoms with Crippen LogP contribution in [-0.2, 0) is 31.3 Å². The Hall–Kier alpha value is -4.05. The molecule has 6 rings (SSSR count). The van der Waals surface area contributed by atoms with Crippen LogP contribution >= 0.6 is 0 Å². The van der Waals surface area contributed by atoms with E-state index in [1.165, 1.54) is 6.08 Å². The van der Waals surface area contributed by atoms with Crippen molar-refractivity contribution in [2.45, 2.75) is 60.8 Å². The van der Waals surface area contributed by atoms with Crippen molar-refractivity contribution < 1.29 is 37.5 Å². The first-order valence-electron chi connectivity index (χ1n) is 17.1. The number of ketones is 1. The number of pyridine rings is 1. The van der Waals surface area contributed by atoms with Crippen LogP contribution in [0.3, 0.4) is 0 Å². The standard InChI is InChI=1S/C31H24NO.C11H20O2.Ir/c1-20(2)17-22-18-29(32-28-13-7-5-9-23(22)28)21-15-16-27-25-11-4-3-10-24(25)26-12-6-8-14-30(26)33-31(27)19-21;1-8(2)5-10(12)7-11(13)6-9(3)4;/h3-14,16,18-20H,17H2,1-2H3;7-9,12H,5-6H2,1-4H3;/q-1;;/b;10-7-;/i17D2;;. The van der Waals surface area contributed by atoms with Crippen LogP contribution in [0.15, 0.2) is 103 Å². The van der Waals surface area contributed by atoms with Crippen molar-refractivity contribution in [3.8, 4) is 45.0 Å². The van der Waals surface area contributed by atoms with Gasteiger partial charge >= 0.3 is 0 Å². The maximum atomic E-state index is 11.2. The molecule has 1 radical (unpaired) electrons. The zero-order valence-electron chi connectivity index (χ0n) is 29.9. The van der Waals surface area contributed by atoms with Gasteiger partial charge in [0, 0.05) is 52.7 Å². The molecular weight excluding hydrogens is 759 g/mol. The first-order valence-corrected chi connectivity index (χ1v) is 16.1. The van der Waals surface area contributed by atoms with Crippen molar-refractivity contribution in [3.63, 3.8) is 0 Å². The molecule has 0 spiro atoms. The van der Waals surface area contributed by atoms with Gasteiger partial charge in [0.05, 0.1) is 17.0 Å². The van der Waals surface area contributed by atoms with Gasteiger partial charge in [0.15, 0.2) is 5.78 Å². The maximum absolute atomic E-state index is 11.2. The molecule has 0 atom stereocenters. The molecular formula is C42H44IrNO3-. The minimum Gasteiger partial charge on any atom is -0.512 e. The summed E-state index contributed by atoms with van der Waals surface area (Å²) in [4.78, 5) is 16.1. The summed E-state index contributed by atoms with van der Waals surface area (Å²) in [6.45, 7) is 11.8. The Morgan fingerprint density at radius 3 is 2.11 bits per heavy atom. The SMILES string of the molecule is CC(C)CC(=O)/C=C(\O)CC(C)C.[2H]C([2H])(c1cc(-c2[c-]cc3c(c2)Oc2ccccc2-c2ccccc2-3)nc2ccccc12)C(C)C.[Ir]. The summed E-state index contributed by atoms with van der Waals surface area (Å²) in [5.74, 6) is 2.33. The van der Waals surface area contributed by atoms with E-state index in [2.05, 4.69) is 24.3 Å². The van der Waals surface area contributed by atoms with Gasteiger partial charge in [-0.15, -0.1) is 17.7 Å². The van der Waals surface area contributed by atoms with Crippen LogP contribution in [0.2, 0.25) is 0 Å². The molecule has 1 N–H and O–H groups in total. The molecule has 0 saturated heterocycles. The zero-order chi connectivity index (χ0) is 34.6. The second kappa shape index (κ2) is 16.2. The Morgan fingerprint density at radius 2 is 1.43 bits per heavy atom. The summed E-state index contributed by atoms with van der Waals surface area (Å²) in [7, 11) is 0. The zero-order valence-corrected chi connectivity index (χ0v) is 30.3. The molecule has 1 aliphatic heterocycles. The second-order valence-corrected chi connectivity index (χ2v) is 12.9. The molecule has 1 aromatic heterocycles. The topological polar surface area (TPSA) is 59.4 Å². The summed E-state index contributed by atoms with van der Waals surface area (Å²) in [5.41, 5.74) is 7.11. The average Bonchev–Trinajstić information content (AvgIpc) is 3.17. The number of carbonyl (C=O) groups is 1. The van der Waals surface area contributed by atoms with E-state index in [4.69, 9.17) is 12.5 Å². The maximum Gasteiger partial charge on any atom is 0.159 e. The van der Waals surface area contributed by atoms with Gasteiger partial charge < -0.3 is 9.84 Å². The van der Waals surface area contributed by atoms with Gasteiger partial charge in [-0.05, 0) is 58.6 Å². The third kappa shape index (κ3) is 9.06. The van der Waals surface area contributed by atoms with Crippen LogP contribution in [0, 0.1) is 23.8 Å². The van der Waals surface area contributed by atoms with Crippen LogP contribution in [0.5, 0.6) is 11.5 Å². The van der Waals surface area contributed by atoms with Gasteiger partial charge in [-0.3, -0.25) is 9.78 Å². The molecule has 4 aromatic carbocycles. The van der Waals surface area contributed by atoms with Gasteiger partial charge in [0.2, 0.25) is 0 Å². The molecule has 1 aliphatic rings. The van der Waals surface area contributed by atoms with Gasteiger partial charge in [-0.1, -0.05) is 120 Å². The van der Waals surface area contributed by atoms with Crippen molar-refractivity contribution in [2.24, 2.45) is 17.8 Å². The van der Waals surface area contributed by atoms with Crippen LogP contribution in [0.4, 0.5) is 0 Å². The summed E-state index contributed by atoms with van der Waals surface area (Å²) >= 11 is 0. The van der Waals surface area contributed by atoms with E-state index in [-0.39, 0.29) is 37.6 Å². The number of aromatic nitrogens is 1. The van der Waals surface area contributed by atoms with Crippen molar-refractivity contribution in [1.29, 1.82) is 0 Å². The minimum atomic E-state index is -1.50. The Balaban J connectivity index is 0.000000332. The predicted molar refractivity (Wildman–Crippen MR) is 190 cm³/mol. The van der Waals surface area contributed by atoms with E-state index in [0.717, 1.165) is 50.2 Å². The summed E-state index contributed by atoms with van der Waals surface area (Å²) in [6.07, 6.45) is 0.962. The molecule has 0 unspecified atom stereocenters. The van der Waals surface area contributed by atoms with Crippen LogP contribution in [-0.4, -0.2) is 15.9 Å². The Labute approximate surface area is 296 Å². The molecule has 0 saturated carbocycles. The Morgan fingerprint density at radius 1 is 0.809 bits per heavy atom. The predicted octanol–water partition coefficient (Wildman–Crippen LogP) is 11.4. The number of rotatable bonds is 8. The molecule has 0 amide bonds. The molecule has 245 valence electrons. The van der Waals surface area contributed by atoms with Crippen LogP contribution in [0.1, 0.15) is 62.7 Å². The molecule has 47 heavy (non-hydrogen) atoms. The number of fused-ring (bicyclic) bond motifs is 6. The summed E-state index contributed by atoms with van der Waals surface area (Å²) in [5, 5.41) is 10.2. The normalized spacial score (nSPS) is 12.8. The third-order valence-electron chi connectivity index (χ3n) is 7.52.